The highest BCUT2D eigenvalue weighted by Crippen LogP contribution is 2.23. The van der Waals surface area contributed by atoms with Gasteiger partial charge in [0.2, 0.25) is 0 Å². The molecule has 3 aliphatic rings. The van der Waals surface area contributed by atoms with Gasteiger partial charge in [-0.3, -0.25) is 9.59 Å². The minimum atomic E-state index is 0.0480. The van der Waals surface area contributed by atoms with Crippen molar-refractivity contribution in [1.82, 2.24) is 0 Å². The Balaban J connectivity index is 2.13. The van der Waals surface area contributed by atoms with Crippen molar-refractivity contribution in [3.8, 4) is 0 Å². The minimum absolute atomic E-state index is 0.0480. The minimum Gasteiger partial charge on any atom is -0.290 e. The van der Waals surface area contributed by atoms with Crippen LogP contribution in [0.4, 0.5) is 0 Å². The van der Waals surface area contributed by atoms with Crippen LogP contribution in [0.3, 0.4) is 0 Å². The average molecular weight is 246 g/mol. The number of hydrogen-bond acceptors (Lipinski definition) is 2. The first-order chi connectivity index (χ1) is 9.24. The number of carbonyl (C=O) groups excluding carboxylic acids is 2. The summed E-state index contributed by atoms with van der Waals surface area (Å²) in [4.78, 5) is 23.1. The van der Waals surface area contributed by atoms with Crippen LogP contribution < -0.4 is 10.4 Å². The highest BCUT2D eigenvalue weighted by Gasteiger charge is 2.19. The zero-order valence-corrected chi connectivity index (χ0v) is 10.1. The van der Waals surface area contributed by atoms with E-state index in [9.17, 15) is 9.59 Å². The second-order valence-electron chi connectivity index (χ2n) is 4.91. The third kappa shape index (κ3) is 1.37. The molecule has 0 amide bonds. The van der Waals surface area contributed by atoms with Crippen LogP contribution in [0.5, 0.6) is 0 Å². The second-order valence-corrected chi connectivity index (χ2v) is 4.91. The number of fused-ring (bicyclic) bond motifs is 4. The van der Waals surface area contributed by atoms with Gasteiger partial charge in [0.1, 0.15) is 0 Å². The Hall–Kier alpha value is -2.48. The van der Waals surface area contributed by atoms with Crippen LogP contribution in [0.1, 0.15) is 22.3 Å². The van der Waals surface area contributed by atoms with E-state index in [1.807, 2.05) is 24.3 Å². The number of hydrogen-bond donors (Lipinski definition) is 0. The monoisotopic (exact) mass is 246 g/mol. The molecule has 0 saturated carbocycles. The first-order valence-corrected chi connectivity index (χ1v) is 6.27. The van der Waals surface area contributed by atoms with Crippen LogP contribution in [0, 0.1) is 0 Å². The maximum absolute atomic E-state index is 11.7. The highest BCUT2D eigenvalue weighted by molar-refractivity contribution is 6.14. The Labute approximate surface area is 109 Å². The van der Waals surface area contributed by atoms with Gasteiger partial charge in [-0.1, -0.05) is 18.2 Å². The van der Waals surface area contributed by atoms with Crippen LogP contribution in [-0.4, -0.2) is 11.6 Å². The van der Waals surface area contributed by atoms with Gasteiger partial charge in [0.05, 0.1) is 0 Å². The second kappa shape index (κ2) is 3.51. The number of allylic oxidation sites excluding steroid dienone is 5. The molecule has 0 spiro atoms. The molecular formula is C17H10O2. The van der Waals surface area contributed by atoms with Crippen molar-refractivity contribution >= 4 is 29.3 Å². The van der Waals surface area contributed by atoms with E-state index in [1.54, 1.807) is 18.2 Å². The first kappa shape index (κ1) is 10.4. The molecule has 2 nitrogen and oxygen atoms in total. The number of rotatable bonds is 0. The molecule has 0 radical (unpaired) electrons. The molecule has 0 unspecified atom stereocenters. The Morgan fingerprint density at radius 3 is 2.74 bits per heavy atom. The van der Waals surface area contributed by atoms with Crippen molar-refractivity contribution in [2.75, 3.05) is 0 Å². The maximum atomic E-state index is 11.7. The SMILES string of the molecule is O=C1C=CC2=c3ccc4c(c3=CCC2=C1)C=CC4=O. The fraction of sp³-hybridized carbons (Fsp3) is 0.0588. The quantitative estimate of drug-likeness (QED) is 0.691. The van der Waals surface area contributed by atoms with Crippen molar-refractivity contribution in [1.29, 1.82) is 0 Å². The van der Waals surface area contributed by atoms with Crippen LogP contribution in [0.2, 0.25) is 0 Å². The molecule has 0 fully saturated rings. The van der Waals surface area contributed by atoms with Crippen LogP contribution >= 0.6 is 0 Å². The molecule has 19 heavy (non-hydrogen) atoms. The summed E-state index contributed by atoms with van der Waals surface area (Å²) in [7, 11) is 0. The van der Waals surface area contributed by atoms with Gasteiger partial charge in [-0.15, -0.1) is 0 Å². The fourth-order valence-corrected chi connectivity index (χ4v) is 2.95. The molecule has 0 heterocycles. The molecule has 1 aromatic carbocycles. The molecule has 1 aromatic rings. The molecule has 0 saturated heterocycles. The van der Waals surface area contributed by atoms with Gasteiger partial charge in [0, 0.05) is 5.56 Å². The molecule has 0 aliphatic heterocycles. The maximum Gasteiger partial charge on any atom is 0.186 e. The molecule has 4 rings (SSSR count). The van der Waals surface area contributed by atoms with Gasteiger partial charge in [0.25, 0.3) is 0 Å². The summed E-state index contributed by atoms with van der Waals surface area (Å²) in [5.74, 6) is 0.124. The fourth-order valence-electron chi connectivity index (χ4n) is 2.95. The number of carbonyl (C=O) groups is 2. The lowest BCUT2D eigenvalue weighted by atomic mass is 9.88. The highest BCUT2D eigenvalue weighted by atomic mass is 16.1. The average Bonchev–Trinajstić information content (AvgIpc) is 2.80. The van der Waals surface area contributed by atoms with Gasteiger partial charge >= 0.3 is 0 Å². The summed E-state index contributed by atoms with van der Waals surface area (Å²) >= 11 is 0. The van der Waals surface area contributed by atoms with Gasteiger partial charge in [0.15, 0.2) is 11.6 Å². The summed E-state index contributed by atoms with van der Waals surface area (Å²) in [5, 5.41) is 2.23. The molecule has 0 bridgehead atoms. The van der Waals surface area contributed by atoms with Gasteiger partial charge in [-0.2, -0.15) is 0 Å². The lowest BCUT2D eigenvalue weighted by Crippen LogP contribution is -2.33. The van der Waals surface area contributed by atoms with Crippen molar-refractivity contribution < 1.29 is 9.59 Å². The summed E-state index contributed by atoms with van der Waals surface area (Å²) in [6, 6.07) is 3.86. The standard InChI is InChI=1S/C17H10O2/c18-11-2-4-12-10(9-11)1-3-14-13(12)5-6-16-15(14)7-8-17(16)19/h2-9H,1H2. The smallest absolute Gasteiger partial charge is 0.186 e. The molecule has 3 aliphatic carbocycles. The third-order valence-corrected chi connectivity index (χ3v) is 3.85. The molecular weight excluding hydrogens is 236 g/mol. The van der Waals surface area contributed by atoms with Crippen LogP contribution in [0.25, 0.3) is 17.7 Å². The summed E-state index contributed by atoms with van der Waals surface area (Å²) < 4.78 is 0. The van der Waals surface area contributed by atoms with E-state index in [4.69, 9.17) is 0 Å². The van der Waals surface area contributed by atoms with E-state index in [2.05, 4.69) is 6.08 Å². The van der Waals surface area contributed by atoms with Crippen molar-refractivity contribution in [2.45, 2.75) is 6.42 Å². The van der Waals surface area contributed by atoms with Gasteiger partial charge in [-0.05, 0) is 63.9 Å². The largest absolute Gasteiger partial charge is 0.290 e. The van der Waals surface area contributed by atoms with Gasteiger partial charge < -0.3 is 0 Å². The van der Waals surface area contributed by atoms with E-state index in [1.165, 1.54) is 0 Å². The molecule has 0 aromatic heterocycles. The molecule has 2 heteroatoms. The van der Waals surface area contributed by atoms with E-state index < -0.39 is 0 Å². The van der Waals surface area contributed by atoms with Crippen LogP contribution in [0.15, 0.2) is 42.0 Å². The topological polar surface area (TPSA) is 34.1 Å². The predicted molar refractivity (Wildman–Crippen MR) is 73.8 cm³/mol. The summed E-state index contributed by atoms with van der Waals surface area (Å²) in [6.07, 6.45) is 11.5. The zero-order chi connectivity index (χ0) is 13.0. The lowest BCUT2D eigenvalue weighted by Gasteiger charge is -2.16. The van der Waals surface area contributed by atoms with E-state index in [0.717, 1.165) is 39.1 Å². The van der Waals surface area contributed by atoms with Crippen molar-refractivity contribution in [3.05, 3.63) is 63.6 Å². The Bertz CT molecular complexity index is 861. The molecule has 0 atom stereocenters. The van der Waals surface area contributed by atoms with Crippen molar-refractivity contribution in [3.63, 3.8) is 0 Å². The molecule has 0 N–H and O–H groups in total. The summed E-state index contributed by atoms with van der Waals surface area (Å²) in [6.45, 7) is 0. The zero-order valence-electron chi connectivity index (χ0n) is 10.1. The first-order valence-electron chi connectivity index (χ1n) is 6.27. The van der Waals surface area contributed by atoms with E-state index in [0.29, 0.717) is 0 Å². The Morgan fingerprint density at radius 1 is 0.947 bits per heavy atom. The Kier molecular flexibility index (Phi) is 1.93. The molecule has 90 valence electrons. The number of benzene rings is 1. The van der Waals surface area contributed by atoms with E-state index >= 15 is 0 Å². The summed E-state index contributed by atoms with van der Waals surface area (Å²) in [5.41, 5.74) is 3.96. The number of ketones is 2. The lowest BCUT2D eigenvalue weighted by molar-refractivity contribution is -0.110. The van der Waals surface area contributed by atoms with Crippen molar-refractivity contribution in [2.24, 2.45) is 0 Å². The normalized spacial score (nSPS) is 18.7. The van der Waals surface area contributed by atoms with Gasteiger partial charge in [-0.25, -0.2) is 0 Å². The third-order valence-electron chi connectivity index (χ3n) is 3.85. The Morgan fingerprint density at radius 2 is 1.84 bits per heavy atom. The van der Waals surface area contributed by atoms with E-state index in [-0.39, 0.29) is 11.6 Å². The van der Waals surface area contributed by atoms with Crippen LogP contribution in [-0.2, 0) is 4.79 Å². The predicted octanol–water partition coefficient (Wildman–Crippen LogP) is 1.30.